The van der Waals surface area contributed by atoms with E-state index in [0.717, 1.165) is 62.7 Å². The summed E-state index contributed by atoms with van der Waals surface area (Å²) in [4.78, 5) is 18.4. The Kier molecular flexibility index (Phi) is 8.34. The number of halogens is 1. The largest absolute Gasteiger partial charge is 0.373 e. The molecule has 27 heavy (non-hydrogen) atoms. The Morgan fingerprint density at radius 2 is 2.04 bits per heavy atom. The number of nitrogens with one attached hydrogen (secondary N) is 2. The molecule has 1 aromatic carbocycles. The van der Waals surface area contributed by atoms with Crippen LogP contribution in [0.2, 0.25) is 0 Å². The molecule has 2 fully saturated rings. The Labute approximate surface area is 179 Å². The Bertz CT molecular complexity index is 642. The molecule has 0 bridgehead atoms. The second-order valence-electron chi connectivity index (χ2n) is 7.27. The average Bonchev–Trinajstić information content (AvgIpc) is 3.27. The monoisotopic (exact) mass is 486 g/mol. The quantitative estimate of drug-likeness (QED) is 0.369. The predicted octanol–water partition coefficient (Wildman–Crippen LogP) is 3.06. The zero-order valence-electron chi connectivity index (χ0n) is 16.3. The fourth-order valence-corrected chi connectivity index (χ4v) is 3.46. The highest BCUT2D eigenvalue weighted by Gasteiger charge is 2.29. The maximum atomic E-state index is 11.8. The zero-order valence-corrected chi connectivity index (χ0v) is 18.6. The van der Waals surface area contributed by atoms with Crippen LogP contribution in [0.15, 0.2) is 29.3 Å². The number of amides is 1. The summed E-state index contributed by atoms with van der Waals surface area (Å²) >= 11 is 0. The van der Waals surface area contributed by atoms with Gasteiger partial charge in [-0.1, -0.05) is 12.1 Å². The third-order valence-electron chi connectivity index (χ3n) is 5.02. The van der Waals surface area contributed by atoms with Gasteiger partial charge in [-0.15, -0.1) is 24.0 Å². The van der Waals surface area contributed by atoms with Crippen molar-refractivity contribution in [2.75, 3.05) is 31.1 Å². The highest BCUT2D eigenvalue weighted by molar-refractivity contribution is 14.0. The van der Waals surface area contributed by atoms with Gasteiger partial charge >= 0.3 is 0 Å². The lowest BCUT2D eigenvalue weighted by Crippen LogP contribution is -2.45. The van der Waals surface area contributed by atoms with Crippen molar-refractivity contribution in [1.82, 2.24) is 10.6 Å². The number of rotatable bonds is 6. The highest BCUT2D eigenvalue weighted by Crippen LogP contribution is 2.24. The van der Waals surface area contributed by atoms with Gasteiger partial charge in [0.2, 0.25) is 5.91 Å². The molecule has 1 unspecified atom stereocenters. The number of aliphatic imine (C=N–C) groups is 1. The minimum atomic E-state index is -0.0971. The number of guanidine groups is 1. The third kappa shape index (κ3) is 6.07. The van der Waals surface area contributed by atoms with Gasteiger partial charge in [0.15, 0.2) is 5.96 Å². The van der Waals surface area contributed by atoms with E-state index in [1.165, 1.54) is 0 Å². The SMILES string of the molecule is CCNC(=NCc1ccc(N2CCCC2=O)cc1)NCC1(C)CCCO1.I. The molecule has 2 N–H and O–H groups in total. The van der Waals surface area contributed by atoms with E-state index in [0.29, 0.717) is 13.0 Å². The van der Waals surface area contributed by atoms with Crippen molar-refractivity contribution in [2.45, 2.75) is 51.7 Å². The summed E-state index contributed by atoms with van der Waals surface area (Å²) in [6.07, 6.45) is 3.81. The van der Waals surface area contributed by atoms with E-state index >= 15 is 0 Å². The maximum Gasteiger partial charge on any atom is 0.227 e. The summed E-state index contributed by atoms with van der Waals surface area (Å²) in [5.41, 5.74) is 2.01. The molecule has 0 saturated carbocycles. The minimum absolute atomic E-state index is 0. The second kappa shape index (κ2) is 10.3. The fraction of sp³-hybridized carbons (Fsp3) is 0.600. The van der Waals surface area contributed by atoms with E-state index in [1.54, 1.807) is 0 Å². The van der Waals surface area contributed by atoms with Crippen molar-refractivity contribution in [3.63, 3.8) is 0 Å². The predicted molar refractivity (Wildman–Crippen MR) is 120 cm³/mol. The van der Waals surface area contributed by atoms with E-state index in [4.69, 9.17) is 4.74 Å². The minimum Gasteiger partial charge on any atom is -0.373 e. The molecule has 1 amide bonds. The molecule has 1 atom stereocenters. The van der Waals surface area contributed by atoms with Crippen molar-refractivity contribution in [3.8, 4) is 0 Å². The number of benzene rings is 1. The maximum absolute atomic E-state index is 11.8. The molecule has 0 aliphatic carbocycles. The van der Waals surface area contributed by atoms with Crippen LogP contribution in [0.1, 0.15) is 45.1 Å². The molecule has 150 valence electrons. The summed E-state index contributed by atoms with van der Waals surface area (Å²) in [5.74, 6) is 1.03. The molecule has 2 aliphatic rings. The molecule has 7 heteroatoms. The van der Waals surface area contributed by atoms with Gasteiger partial charge in [0.05, 0.1) is 12.1 Å². The molecular formula is C20H31IN4O2. The van der Waals surface area contributed by atoms with E-state index in [-0.39, 0.29) is 35.5 Å². The van der Waals surface area contributed by atoms with Crippen LogP contribution < -0.4 is 15.5 Å². The number of hydrogen-bond acceptors (Lipinski definition) is 3. The Hall–Kier alpha value is -1.35. The van der Waals surface area contributed by atoms with Crippen LogP contribution in [-0.4, -0.2) is 43.7 Å². The van der Waals surface area contributed by atoms with E-state index in [1.807, 2.05) is 17.0 Å². The summed E-state index contributed by atoms with van der Waals surface area (Å²) in [5, 5.41) is 6.68. The van der Waals surface area contributed by atoms with Crippen molar-refractivity contribution in [1.29, 1.82) is 0 Å². The van der Waals surface area contributed by atoms with Crippen LogP contribution in [0.5, 0.6) is 0 Å². The third-order valence-corrected chi connectivity index (χ3v) is 5.02. The van der Waals surface area contributed by atoms with Crippen LogP contribution >= 0.6 is 24.0 Å². The Morgan fingerprint density at radius 1 is 1.26 bits per heavy atom. The first-order chi connectivity index (χ1) is 12.6. The van der Waals surface area contributed by atoms with Crippen LogP contribution in [0.4, 0.5) is 5.69 Å². The summed E-state index contributed by atoms with van der Waals surface area (Å²) in [6.45, 7) is 8.06. The number of nitrogens with zero attached hydrogens (tertiary/aromatic N) is 2. The first kappa shape index (κ1) is 21.9. The number of anilines is 1. The first-order valence-corrected chi connectivity index (χ1v) is 9.65. The average molecular weight is 486 g/mol. The van der Waals surface area contributed by atoms with Gasteiger partial charge in [-0.05, 0) is 50.8 Å². The molecule has 0 aromatic heterocycles. The lowest BCUT2D eigenvalue weighted by molar-refractivity contribution is -0.117. The lowest BCUT2D eigenvalue weighted by atomic mass is 10.0. The number of hydrogen-bond donors (Lipinski definition) is 2. The van der Waals surface area contributed by atoms with Crippen molar-refractivity contribution >= 4 is 41.5 Å². The molecular weight excluding hydrogens is 455 g/mol. The van der Waals surface area contributed by atoms with Gasteiger partial charge in [-0.25, -0.2) is 4.99 Å². The summed E-state index contributed by atoms with van der Waals surface area (Å²) in [6, 6.07) is 8.13. The lowest BCUT2D eigenvalue weighted by Gasteiger charge is -2.24. The van der Waals surface area contributed by atoms with Gasteiger partial charge in [-0.3, -0.25) is 4.79 Å². The molecule has 2 aliphatic heterocycles. The molecule has 1 aromatic rings. The number of carbonyl (C=O) groups is 1. The summed E-state index contributed by atoms with van der Waals surface area (Å²) in [7, 11) is 0. The normalized spacial score (nSPS) is 22.7. The van der Waals surface area contributed by atoms with E-state index in [9.17, 15) is 4.79 Å². The standard InChI is InChI=1S/C20H30N4O2.HI/c1-3-21-19(23-15-20(2)11-5-13-26-20)22-14-16-7-9-17(10-8-16)24-12-4-6-18(24)25;/h7-10H,3-6,11-15H2,1-2H3,(H2,21,22,23);1H. The van der Waals surface area contributed by atoms with E-state index < -0.39 is 0 Å². The number of ether oxygens (including phenoxy) is 1. The van der Waals surface area contributed by atoms with Gasteiger partial charge in [0.25, 0.3) is 0 Å². The Morgan fingerprint density at radius 3 is 2.63 bits per heavy atom. The highest BCUT2D eigenvalue weighted by atomic mass is 127. The summed E-state index contributed by atoms with van der Waals surface area (Å²) < 4.78 is 5.82. The topological polar surface area (TPSA) is 66.0 Å². The molecule has 3 rings (SSSR count). The van der Waals surface area contributed by atoms with Gasteiger partial charge in [-0.2, -0.15) is 0 Å². The molecule has 2 heterocycles. The van der Waals surface area contributed by atoms with Gasteiger partial charge < -0.3 is 20.3 Å². The van der Waals surface area contributed by atoms with Gasteiger partial charge in [0, 0.05) is 38.3 Å². The zero-order chi connectivity index (χ0) is 18.4. The van der Waals surface area contributed by atoms with E-state index in [2.05, 4.69) is 41.6 Å². The van der Waals surface area contributed by atoms with Gasteiger partial charge in [0.1, 0.15) is 0 Å². The van der Waals surface area contributed by atoms with Crippen LogP contribution in [0, 0.1) is 0 Å². The molecule has 0 radical (unpaired) electrons. The molecule has 0 spiro atoms. The van der Waals surface area contributed by atoms with Crippen LogP contribution in [0.3, 0.4) is 0 Å². The van der Waals surface area contributed by atoms with Crippen LogP contribution in [-0.2, 0) is 16.1 Å². The Balaban J connectivity index is 0.00000261. The fourth-order valence-electron chi connectivity index (χ4n) is 3.46. The van der Waals surface area contributed by atoms with Crippen molar-refractivity contribution < 1.29 is 9.53 Å². The van der Waals surface area contributed by atoms with Crippen molar-refractivity contribution in [3.05, 3.63) is 29.8 Å². The molecule has 6 nitrogen and oxygen atoms in total. The number of carbonyl (C=O) groups excluding carboxylic acids is 1. The molecule has 2 saturated heterocycles. The smallest absolute Gasteiger partial charge is 0.227 e. The second-order valence-corrected chi connectivity index (χ2v) is 7.27. The van der Waals surface area contributed by atoms with Crippen LogP contribution in [0.25, 0.3) is 0 Å². The van der Waals surface area contributed by atoms with Crippen molar-refractivity contribution in [2.24, 2.45) is 4.99 Å². The first-order valence-electron chi connectivity index (χ1n) is 9.65.